The van der Waals surface area contributed by atoms with Gasteiger partial charge in [-0.05, 0) is 25.7 Å². The third-order valence-corrected chi connectivity index (χ3v) is 3.22. The highest BCUT2D eigenvalue weighted by molar-refractivity contribution is 5.77. The molecular weight excluding hydrogens is 174 g/mol. The molecule has 0 aromatic rings. The zero-order valence-electron chi connectivity index (χ0n) is 9.42. The lowest BCUT2D eigenvalue weighted by molar-refractivity contribution is 0.369. The molecule has 1 aliphatic rings. The van der Waals surface area contributed by atoms with E-state index in [9.17, 15) is 0 Å². The standard InChI is InChI=1S/C11H23N3/c1-9(14-11(12)13-2)10-7-5-3-4-6-8-10/h9-10H,3-8H2,1-2H3,(H3,12,13,14)/t9-/m1/s1. The van der Waals surface area contributed by atoms with Crippen molar-refractivity contribution in [1.29, 1.82) is 0 Å². The monoisotopic (exact) mass is 197 g/mol. The molecule has 1 atom stereocenters. The second kappa shape index (κ2) is 5.89. The van der Waals surface area contributed by atoms with Crippen molar-refractivity contribution in [2.75, 3.05) is 7.05 Å². The van der Waals surface area contributed by atoms with E-state index in [2.05, 4.69) is 17.2 Å². The first-order valence-electron chi connectivity index (χ1n) is 5.73. The fraction of sp³-hybridized carbons (Fsp3) is 0.909. The normalized spacial score (nSPS) is 22.9. The van der Waals surface area contributed by atoms with Crippen molar-refractivity contribution in [3.05, 3.63) is 0 Å². The van der Waals surface area contributed by atoms with E-state index in [1.165, 1.54) is 38.5 Å². The summed E-state index contributed by atoms with van der Waals surface area (Å²) in [6.07, 6.45) is 8.23. The molecule has 0 unspecified atom stereocenters. The van der Waals surface area contributed by atoms with Gasteiger partial charge in [0, 0.05) is 13.1 Å². The Kier molecular flexibility index (Phi) is 4.77. The van der Waals surface area contributed by atoms with Crippen molar-refractivity contribution >= 4 is 5.96 Å². The summed E-state index contributed by atoms with van der Waals surface area (Å²) < 4.78 is 0. The maximum atomic E-state index is 5.66. The van der Waals surface area contributed by atoms with Crippen LogP contribution in [0.5, 0.6) is 0 Å². The molecule has 0 amide bonds. The quantitative estimate of drug-likeness (QED) is 0.403. The van der Waals surface area contributed by atoms with Gasteiger partial charge in [0.25, 0.3) is 0 Å². The topological polar surface area (TPSA) is 50.4 Å². The van der Waals surface area contributed by atoms with Crippen molar-refractivity contribution in [2.45, 2.75) is 51.5 Å². The van der Waals surface area contributed by atoms with Gasteiger partial charge in [-0.25, -0.2) is 0 Å². The van der Waals surface area contributed by atoms with Crippen LogP contribution in [0.4, 0.5) is 0 Å². The van der Waals surface area contributed by atoms with Crippen LogP contribution in [0, 0.1) is 5.92 Å². The largest absolute Gasteiger partial charge is 0.370 e. The van der Waals surface area contributed by atoms with Gasteiger partial charge >= 0.3 is 0 Å². The molecule has 0 aromatic carbocycles. The van der Waals surface area contributed by atoms with E-state index in [1.807, 2.05) is 0 Å². The summed E-state index contributed by atoms with van der Waals surface area (Å²) in [5.74, 6) is 1.35. The van der Waals surface area contributed by atoms with Crippen molar-refractivity contribution in [2.24, 2.45) is 16.6 Å². The molecule has 0 aromatic heterocycles. The number of aliphatic imine (C=N–C) groups is 1. The summed E-state index contributed by atoms with van der Waals surface area (Å²) in [4.78, 5) is 3.93. The van der Waals surface area contributed by atoms with Gasteiger partial charge in [0.2, 0.25) is 0 Å². The van der Waals surface area contributed by atoms with Gasteiger partial charge in [-0.1, -0.05) is 25.7 Å². The highest BCUT2D eigenvalue weighted by Crippen LogP contribution is 2.25. The van der Waals surface area contributed by atoms with Crippen LogP contribution >= 0.6 is 0 Å². The summed E-state index contributed by atoms with van der Waals surface area (Å²) in [6, 6.07) is 0.469. The maximum Gasteiger partial charge on any atom is 0.188 e. The first-order chi connectivity index (χ1) is 6.74. The van der Waals surface area contributed by atoms with E-state index in [-0.39, 0.29) is 0 Å². The number of hydrogen-bond donors (Lipinski definition) is 2. The van der Waals surface area contributed by atoms with Crippen molar-refractivity contribution < 1.29 is 0 Å². The van der Waals surface area contributed by atoms with Crippen LogP contribution in [0.2, 0.25) is 0 Å². The Morgan fingerprint density at radius 3 is 2.36 bits per heavy atom. The van der Waals surface area contributed by atoms with E-state index in [1.54, 1.807) is 7.05 Å². The van der Waals surface area contributed by atoms with Crippen LogP contribution in [0.3, 0.4) is 0 Å². The van der Waals surface area contributed by atoms with Gasteiger partial charge in [0.05, 0.1) is 0 Å². The number of guanidine groups is 1. The molecule has 82 valence electrons. The van der Waals surface area contributed by atoms with Gasteiger partial charge in [-0.15, -0.1) is 0 Å². The molecule has 1 fully saturated rings. The van der Waals surface area contributed by atoms with Crippen LogP contribution in [0.15, 0.2) is 4.99 Å². The number of nitrogens with two attached hydrogens (primary N) is 1. The predicted octanol–water partition coefficient (Wildman–Crippen LogP) is 1.88. The van der Waals surface area contributed by atoms with Gasteiger partial charge in [0.15, 0.2) is 5.96 Å². The molecule has 1 rings (SSSR count). The predicted molar refractivity (Wildman–Crippen MR) is 61.3 cm³/mol. The average molecular weight is 197 g/mol. The zero-order chi connectivity index (χ0) is 10.4. The molecule has 3 heteroatoms. The Morgan fingerprint density at radius 2 is 1.86 bits per heavy atom. The van der Waals surface area contributed by atoms with Crippen molar-refractivity contribution in [3.63, 3.8) is 0 Å². The first kappa shape index (κ1) is 11.3. The molecule has 3 nitrogen and oxygen atoms in total. The summed E-state index contributed by atoms with van der Waals surface area (Å²) in [5, 5.41) is 3.25. The van der Waals surface area contributed by atoms with E-state index in [0.29, 0.717) is 12.0 Å². The number of hydrogen-bond acceptors (Lipinski definition) is 1. The lowest BCUT2D eigenvalue weighted by atomic mass is 9.93. The summed E-state index contributed by atoms with van der Waals surface area (Å²) in [5.41, 5.74) is 5.66. The van der Waals surface area contributed by atoms with Gasteiger partial charge in [0.1, 0.15) is 0 Å². The van der Waals surface area contributed by atoms with E-state index in [0.717, 1.165) is 5.92 Å². The third-order valence-electron chi connectivity index (χ3n) is 3.22. The van der Waals surface area contributed by atoms with E-state index >= 15 is 0 Å². The summed E-state index contributed by atoms with van der Waals surface area (Å²) in [6.45, 7) is 2.22. The molecule has 0 spiro atoms. The number of rotatable bonds is 2. The van der Waals surface area contributed by atoms with Crippen LogP contribution in [-0.4, -0.2) is 19.0 Å². The van der Waals surface area contributed by atoms with Crippen molar-refractivity contribution in [1.82, 2.24) is 5.32 Å². The summed E-state index contributed by atoms with van der Waals surface area (Å²) in [7, 11) is 1.72. The molecule has 0 saturated heterocycles. The Hall–Kier alpha value is -0.730. The highest BCUT2D eigenvalue weighted by Gasteiger charge is 2.18. The fourth-order valence-corrected chi connectivity index (χ4v) is 2.23. The molecule has 1 aliphatic carbocycles. The molecule has 0 aliphatic heterocycles. The minimum atomic E-state index is 0.469. The lowest BCUT2D eigenvalue weighted by Crippen LogP contribution is -2.42. The van der Waals surface area contributed by atoms with Crippen LogP contribution < -0.4 is 11.1 Å². The number of nitrogens with zero attached hydrogens (tertiary/aromatic N) is 1. The van der Waals surface area contributed by atoms with Gasteiger partial charge < -0.3 is 11.1 Å². The van der Waals surface area contributed by atoms with Crippen LogP contribution in [-0.2, 0) is 0 Å². The minimum absolute atomic E-state index is 0.469. The van der Waals surface area contributed by atoms with E-state index in [4.69, 9.17) is 5.73 Å². The third kappa shape index (κ3) is 3.56. The first-order valence-corrected chi connectivity index (χ1v) is 5.73. The highest BCUT2D eigenvalue weighted by atomic mass is 15.1. The Labute approximate surface area is 87.2 Å². The number of nitrogens with one attached hydrogen (secondary N) is 1. The molecule has 1 saturated carbocycles. The SMILES string of the molecule is CN=C(N)N[C@H](C)C1CCCCCC1. The molecule has 0 radical (unpaired) electrons. The summed E-state index contributed by atoms with van der Waals surface area (Å²) >= 11 is 0. The molecule has 0 heterocycles. The lowest BCUT2D eigenvalue weighted by Gasteiger charge is -2.23. The molecule has 3 N–H and O–H groups in total. The average Bonchev–Trinajstić information content (AvgIpc) is 2.45. The minimum Gasteiger partial charge on any atom is -0.370 e. The molecule has 14 heavy (non-hydrogen) atoms. The molecular formula is C11H23N3. The van der Waals surface area contributed by atoms with E-state index < -0.39 is 0 Å². The van der Waals surface area contributed by atoms with Crippen LogP contribution in [0.1, 0.15) is 45.4 Å². The van der Waals surface area contributed by atoms with Crippen LogP contribution in [0.25, 0.3) is 0 Å². The second-order valence-corrected chi connectivity index (χ2v) is 4.29. The maximum absolute atomic E-state index is 5.66. The molecule has 0 bridgehead atoms. The van der Waals surface area contributed by atoms with Gasteiger partial charge in [-0.2, -0.15) is 0 Å². The van der Waals surface area contributed by atoms with Gasteiger partial charge in [-0.3, -0.25) is 4.99 Å². The second-order valence-electron chi connectivity index (χ2n) is 4.29. The van der Waals surface area contributed by atoms with Crippen molar-refractivity contribution in [3.8, 4) is 0 Å². The Bertz CT molecular complexity index is 181. The Balaban J connectivity index is 2.37. The fourth-order valence-electron chi connectivity index (χ4n) is 2.23. The smallest absolute Gasteiger partial charge is 0.188 e. The Morgan fingerprint density at radius 1 is 1.29 bits per heavy atom. The zero-order valence-corrected chi connectivity index (χ0v) is 9.42.